The van der Waals surface area contributed by atoms with E-state index in [9.17, 15) is 18.8 Å². The molecule has 0 aliphatic carbocycles. The van der Waals surface area contributed by atoms with E-state index < -0.39 is 29.2 Å². The van der Waals surface area contributed by atoms with Gasteiger partial charge >= 0.3 is 11.9 Å². The first kappa shape index (κ1) is 27.9. The van der Waals surface area contributed by atoms with Gasteiger partial charge in [-0.25, -0.2) is 14.0 Å². The van der Waals surface area contributed by atoms with E-state index in [0.717, 1.165) is 23.5 Å². The van der Waals surface area contributed by atoms with Gasteiger partial charge < -0.3 is 14.2 Å². The minimum atomic E-state index is -1.09. The van der Waals surface area contributed by atoms with Gasteiger partial charge in [-0.05, 0) is 51.1 Å². The second kappa shape index (κ2) is 10.9. The van der Waals surface area contributed by atoms with E-state index in [2.05, 4.69) is 0 Å². The highest BCUT2D eigenvalue weighted by atomic mass is 32.2. The second-order valence-electron chi connectivity index (χ2n) is 8.63. The molecule has 0 saturated heterocycles. The summed E-state index contributed by atoms with van der Waals surface area (Å²) in [6.07, 6.45) is 0. The summed E-state index contributed by atoms with van der Waals surface area (Å²) < 4.78 is 30.8. The monoisotopic (exact) mass is 573 g/mol. The molecule has 11 heteroatoms. The van der Waals surface area contributed by atoms with E-state index in [0.29, 0.717) is 38.3 Å². The number of hydrogen-bond donors (Lipinski definition) is 0. The van der Waals surface area contributed by atoms with Crippen molar-refractivity contribution in [3.8, 4) is 5.75 Å². The van der Waals surface area contributed by atoms with Gasteiger partial charge in [0.2, 0.25) is 0 Å². The maximum atomic E-state index is 14.7. The molecule has 0 fully saturated rings. The van der Waals surface area contributed by atoms with Crippen LogP contribution in [-0.2, 0) is 19.1 Å². The van der Waals surface area contributed by atoms with Crippen molar-refractivity contribution in [2.75, 3.05) is 25.7 Å². The lowest BCUT2D eigenvalue weighted by molar-refractivity contribution is -0.138. The molecule has 0 atom stereocenters. The van der Waals surface area contributed by atoms with Crippen molar-refractivity contribution in [2.24, 2.45) is 0 Å². The molecular formula is C27H24FNO6S3. The fraction of sp³-hybridized carbons (Fsp3) is 0.259. The molecule has 0 radical (unpaired) electrons. The fourth-order valence-corrected chi connectivity index (χ4v) is 7.21. The first-order valence-electron chi connectivity index (χ1n) is 11.5. The zero-order valence-corrected chi connectivity index (χ0v) is 23.7. The average Bonchev–Trinajstić information content (AvgIpc) is 3.34. The summed E-state index contributed by atoms with van der Waals surface area (Å²) in [6.45, 7) is 5.79. The topological polar surface area (TPSA) is 82.1 Å². The number of anilines is 1. The van der Waals surface area contributed by atoms with Gasteiger partial charge in [0, 0.05) is 11.1 Å². The lowest BCUT2D eigenvalue weighted by Crippen LogP contribution is -2.56. The summed E-state index contributed by atoms with van der Waals surface area (Å²) in [5.74, 6) is -2.03. The highest BCUT2D eigenvalue weighted by molar-refractivity contribution is 8.29. The highest BCUT2D eigenvalue weighted by Gasteiger charge is 2.46. The van der Waals surface area contributed by atoms with Gasteiger partial charge in [0.25, 0.3) is 5.91 Å². The summed E-state index contributed by atoms with van der Waals surface area (Å²) in [5.41, 5.74) is 0.420. The van der Waals surface area contributed by atoms with E-state index in [1.165, 1.54) is 37.3 Å². The molecule has 2 aliphatic rings. The molecule has 2 aromatic carbocycles. The van der Waals surface area contributed by atoms with Gasteiger partial charge in [-0.1, -0.05) is 47.9 Å². The summed E-state index contributed by atoms with van der Waals surface area (Å²) in [6, 6.07) is 11.0. The van der Waals surface area contributed by atoms with Crippen molar-refractivity contribution in [3.63, 3.8) is 0 Å². The Kier molecular flexibility index (Phi) is 8.01. The number of methoxy groups -OCH3 is 2. The molecule has 0 bridgehead atoms. The molecule has 0 aromatic heterocycles. The Morgan fingerprint density at radius 2 is 1.61 bits per heavy atom. The molecule has 198 valence electrons. The van der Waals surface area contributed by atoms with Crippen LogP contribution in [0.2, 0.25) is 0 Å². The Morgan fingerprint density at radius 3 is 2.16 bits per heavy atom. The van der Waals surface area contributed by atoms with Crippen molar-refractivity contribution < 1.29 is 33.0 Å². The van der Waals surface area contributed by atoms with Gasteiger partial charge in [0.05, 0.1) is 46.7 Å². The van der Waals surface area contributed by atoms with Crippen LogP contribution >= 0.6 is 35.7 Å². The van der Waals surface area contributed by atoms with Crippen molar-refractivity contribution in [1.82, 2.24) is 0 Å². The Balaban J connectivity index is 1.95. The molecule has 0 spiro atoms. The van der Waals surface area contributed by atoms with Crippen LogP contribution < -0.4 is 9.64 Å². The number of carbonyl (C=O) groups is 3. The maximum Gasteiger partial charge on any atom is 0.346 e. The van der Waals surface area contributed by atoms with Crippen LogP contribution in [0.4, 0.5) is 10.1 Å². The fourth-order valence-electron chi connectivity index (χ4n) is 4.17. The third-order valence-electron chi connectivity index (χ3n) is 5.98. The number of thioether (sulfide) groups is 2. The zero-order valence-electron chi connectivity index (χ0n) is 21.2. The van der Waals surface area contributed by atoms with Gasteiger partial charge in [0.1, 0.15) is 21.4 Å². The molecule has 0 unspecified atom stereocenters. The molecule has 2 heterocycles. The first-order valence-corrected chi connectivity index (χ1v) is 13.5. The number of esters is 2. The number of hydrogen-bond acceptors (Lipinski definition) is 9. The maximum absolute atomic E-state index is 14.7. The van der Waals surface area contributed by atoms with Crippen molar-refractivity contribution in [2.45, 2.75) is 26.3 Å². The molecule has 2 aliphatic heterocycles. The summed E-state index contributed by atoms with van der Waals surface area (Å²) >= 11 is 8.07. The van der Waals surface area contributed by atoms with Crippen LogP contribution in [0.3, 0.4) is 0 Å². The van der Waals surface area contributed by atoms with Crippen LogP contribution in [0.5, 0.6) is 5.75 Å². The standard InChI is InChI=1S/C27H24FNO6S3/c1-6-35-14-11-12-18-16(13-14)19(26-37-20(24(31)33-4)21(38-26)25(32)34-5)22(36)27(2,3)29(18)23(30)15-9-7-8-10-17(15)28/h7-13H,6H2,1-5H3. The molecule has 0 saturated carbocycles. The number of carbonyl (C=O) groups excluding carboxylic acids is 3. The predicted octanol–water partition coefficient (Wildman–Crippen LogP) is 5.74. The van der Waals surface area contributed by atoms with E-state index in [1.807, 2.05) is 6.92 Å². The molecular weight excluding hydrogens is 549 g/mol. The number of rotatable bonds is 5. The van der Waals surface area contributed by atoms with E-state index >= 15 is 0 Å². The van der Waals surface area contributed by atoms with Crippen LogP contribution in [0, 0.1) is 5.82 Å². The zero-order chi connectivity index (χ0) is 27.8. The Labute approximate surface area is 233 Å². The van der Waals surface area contributed by atoms with E-state index in [-0.39, 0.29) is 15.4 Å². The van der Waals surface area contributed by atoms with Gasteiger partial charge in [-0.3, -0.25) is 9.69 Å². The van der Waals surface area contributed by atoms with Gasteiger partial charge in [-0.15, -0.1) is 0 Å². The smallest absolute Gasteiger partial charge is 0.346 e. The second-order valence-corrected chi connectivity index (χ2v) is 11.3. The lowest BCUT2D eigenvalue weighted by atomic mass is 9.82. The first-order chi connectivity index (χ1) is 18.1. The van der Waals surface area contributed by atoms with Crippen LogP contribution in [0.1, 0.15) is 36.7 Å². The predicted molar refractivity (Wildman–Crippen MR) is 151 cm³/mol. The van der Waals surface area contributed by atoms with E-state index in [1.54, 1.807) is 38.1 Å². The minimum absolute atomic E-state index is 0.0832. The van der Waals surface area contributed by atoms with Crippen molar-refractivity contribution in [1.29, 1.82) is 0 Å². The molecule has 7 nitrogen and oxygen atoms in total. The number of amides is 1. The summed E-state index contributed by atoms with van der Waals surface area (Å²) in [7, 11) is 2.45. The quantitative estimate of drug-likeness (QED) is 0.253. The number of benzene rings is 2. The Morgan fingerprint density at radius 1 is 1.00 bits per heavy atom. The molecule has 0 N–H and O–H groups in total. The SMILES string of the molecule is CCOc1ccc2c(c1)C(=C1SC(C(=O)OC)=C(C(=O)OC)S1)C(=S)C(C)(C)N2C(=O)c1ccccc1F. The number of halogens is 1. The van der Waals surface area contributed by atoms with Gasteiger partial charge in [-0.2, -0.15) is 0 Å². The molecule has 38 heavy (non-hydrogen) atoms. The third-order valence-corrected chi connectivity index (χ3v) is 9.24. The van der Waals surface area contributed by atoms with Crippen LogP contribution in [0.15, 0.2) is 56.5 Å². The number of fused-ring (bicyclic) bond motifs is 1. The van der Waals surface area contributed by atoms with Gasteiger partial charge in [0.15, 0.2) is 0 Å². The number of ether oxygens (including phenoxy) is 3. The molecule has 4 rings (SSSR count). The summed E-state index contributed by atoms with van der Waals surface area (Å²) in [5, 5.41) is 0. The van der Waals surface area contributed by atoms with Crippen LogP contribution in [-0.4, -0.2) is 49.1 Å². The average molecular weight is 574 g/mol. The minimum Gasteiger partial charge on any atom is -0.494 e. The number of thiocarbonyl (C=S) groups is 1. The highest BCUT2D eigenvalue weighted by Crippen LogP contribution is 2.56. The normalized spacial score (nSPS) is 16.4. The third kappa shape index (κ3) is 4.74. The Hall–Kier alpha value is -3.15. The molecule has 1 amide bonds. The summed E-state index contributed by atoms with van der Waals surface area (Å²) in [4.78, 5) is 40.8. The van der Waals surface area contributed by atoms with E-state index in [4.69, 9.17) is 26.4 Å². The number of nitrogens with zero attached hydrogens (tertiary/aromatic N) is 1. The lowest BCUT2D eigenvalue weighted by Gasteiger charge is -2.45. The van der Waals surface area contributed by atoms with Crippen LogP contribution in [0.25, 0.3) is 5.57 Å². The van der Waals surface area contributed by atoms with Crippen molar-refractivity contribution in [3.05, 3.63) is 73.5 Å². The largest absolute Gasteiger partial charge is 0.494 e. The molecule has 2 aromatic rings. The Bertz CT molecular complexity index is 1400. The van der Waals surface area contributed by atoms with Crippen molar-refractivity contribution >= 4 is 69.7 Å².